The van der Waals surface area contributed by atoms with E-state index < -0.39 is 0 Å². The predicted octanol–water partition coefficient (Wildman–Crippen LogP) is 1.57. The van der Waals surface area contributed by atoms with E-state index in [-0.39, 0.29) is 17.6 Å². The molecule has 1 aromatic carbocycles. The Balaban J connectivity index is 1.62. The SMILES string of the molecule is Cc1nc2c(c(=O)n1C)CN(C(=O)c1ccc3c(c1)C[C@H](C)O3)C2. The number of aryl methyl sites for hydroxylation is 1. The molecule has 0 spiro atoms. The van der Waals surface area contributed by atoms with E-state index in [2.05, 4.69) is 4.98 Å². The van der Waals surface area contributed by atoms with Gasteiger partial charge in [-0.15, -0.1) is 0 Å². The molecular weight excluding hydrogens is 306 g/mol. The van der Waals surface area contributed by atoms with Gasteiger partial charge >= 0.3 is 0 Å². The van der Waals surface area contributed by atoms with Crippen molar-refractivity contribution in [3.05, 3.63) is 56.8 Å². The summed E-state index contributed by atoms with van der Waals surface area (Å²) >= 11 is 0. The second-order valence-corrected chi connectivity index (χ2v) is 6.56. The minimum atomic E-state index is -0.0740. The lowest BCUT2D eigenvalue weighted by molar-refractivity contribution is 0.0750. The Morgan fingerprint density at radius 2 is 2.12 bits per heavy atom. The van der Waals surface area contributed by atoms with Crippen LogP contribution in [0.25, 0.3) is 0 Å². The first-order chi connectivity index (χ1) is 11.4. The van der Waals surface area contributed by atoms with E-state index in [0.717, 1.165) is 17.7 Å². The van der Waals surface area contributed by atoms with E-state index in [0.29, 0.717) is 35.7 Å². The number of benzene rings is 1. The van der Waals surface area contributed by atoms with Crippen molar-refractivity contribution in [2.24, 2.45) is 7.05 Å². The number of aromatic nitrogens is 2. The van der Waals surface area contributed by atoms with Crippen LogP contribution in [-0.2, 0) is 26.6 Å². The van der Waals surface area contributed by atoms with Crippen molar-refractivity contribution in [2.75, 3.05) is 0 Å². The molecule has 0 aliphatic carbocycles. The molecule has 0 radical (unpaired) electrons. The molecule has 1 atom stereocenters. The zero-order chi connectivity index (χ0) is 17.0. The minimum Gasteiger partial charge on any atom is -0.490 e. The molecule has 1 aromatic heterocycles. The van der Waals surface area contributed by atoms with Crippen molar-refractivity contribution >= 4 is 5.91 Å². The fourth-order valence-corrected chi connectivity index (χ4v) is 3.41. The van der Waals surface area contributed by atoms with Gasteiger partial charge < -0.3 is 9.64 Å². The first kappa shape index (κ1) is 14.9. The Hall–Kier alpha value is -2.63. The molecule has 2 aromatic rings. The quantitative estimate of drug-likeness (QED) is 0.798. The maximum Gasteiger partial charge on any atom is 0.258 e. The monoisotopic (exact) mass is 325 g/mol. The molecule has 124 valence electrons. The normalized spacial score (nSPS) is 18.3. The second-order valence-electron chi connectivity index (χ2n) is 6.56. The average molecular weight is 325 g/mol. The number of carbonyl (C=O) groups excluding carboxylic acids is 1. The van der Waals surface area contributed by atoms with Gasteiger partial charge in [-0.05, 0) is 37.6 Å². The summed E-state index contributed by atoms with van der Waals surface area (Å²) in [6.07, 6.45) is 0.967. The Bertz CT molecular complexity index is 916. The van der Waals surface area contributed by atoms with Crippen LogP contribution in [-0.4, -0.2) is 26.5 Å². The summed E-state index contributed by atoms with van der Waals surface area (Å²) < 4.78 is 7.21. The fourth-order valence-electron chi connectivity index (χ4n) is 3.41. The zero-order valence-electron chi connectivity index (χ0n) is 14.0. The lowest BCUT2D eigenvalue weighted by Crippen LogP contribution is -2.27. The highest BCUT2D eigenvalue weighted by Crippen LogP contribution is 2.30. The highest BCUT2D eigenvalue weighted by molar-refractivity contribution is 5.95. The van der Waals surface area contributed by atoms with Crippen LogP contribution < -0.4 is 10.3 Å². The molecule has 4 rings (SSSR count). The van der Waals surface area contributed by atoms with Crippen LogP contribution in [0.1, 0.15) is 39.9 Å². The molecule has 0 saturated carbocycles. The van der Waals surface area contributed by atoms with Crippen LogP contribution >= 0.6 is 0 Å². The van der Waals surface area contributed by atoms with Crippen molar-refractivity contribution in [3.8, 4) is 5.75 Å². The molecule has 0 unspecified atom stereocenters. The van der Waals surface area contributed by atoms with Gasteiger partial charge in [-0.25, -0.2) is 4.98 Å². The van der Waals surface area contributed by atoms with Gasteiger partial charge in [0, 0.05) is 19.0 Å². The van der Waals surface area contributed by atoms with Gasteiger partial charge in [-0.3, -0.25) is 14.2 Å². The van der Waals surface area contributed by atoms with Crippen LogP contribution in [0.15, 0.2) is 23.0 Å². The van der Waals surface area contributed by atoms with Crippen molar-refractivity contribution in [1.29, 1.82) is 0 Å². The van der Waals surface area contributed by atoms with Crippen molar-refractivity contribution in [3.63, 3.8) is 0 Å². The molecule has 24 heavy (non-hydrogen) atoms. The van der Waals surface area contributed by atoms with Crippen LogP contribution in [0.5, 0.6) is 5.75 Å². The maximum absolute atomic E-state index is 12.8. The third-order valence-electron chi connectivity index (χ3n) is 4.81. The molecule has 0 fully saturated rings. The number of rotatable bonds is 1. The van der Waals surface area contributed by atoms with Crippen LogP contribution in [0, 0.1) is 6.92 Å². The van der Waals surface area contributed by atoms with E-state index in [9.17, 15) is 9.59 Å². The number of carbonyl (C=O) groups is 1. The van der Waals surface area contributed by atoms with Gasteiger partial charge in [0.05, 0.1) is 24.3 Å². The van der Waals surface area contributed by atoms with Gasteiger partial charge in [0.25, 0.3) is 11.5 Å². The molecule has 3 heterocycles. The first-order valence-corrected chi connectivity index (χ1v) is 8.08. The molecule has 0 N–H and O–H groups in total. The van der Waals surface area contributed by atoms with Crippen LogP contribution in [0.4, 0.5) is 0 Å². The molecule has 0 saturated heterocycles. The van der Waals surface area contributed by atoms with Gasteiger partial charge in [0.1, 0.15) is 17.7 Å². The van der Waals surface area contributed by atoms with Gasteiger partial charge in [0.2, 0.25) is 0 Å². The van der Waals surface area contributed by atoms with Crippen molar-refractivity contribution in [1.82, 2.24) is 14.5 Å². The second kappa shape index (κ2) is 5.19. The number of hydrogen-bond donors (Lipinski definition) is 0. The van der Waals surface area contributed by atoms with E-state index >= 15 is 0 Å². The zero-order valence-corrected chi connectivity index (χ0v) is 14.0. The lowest BCUT2D eigenvalue weighted by atomic mass is 10.1. The Morgan fingerprint density at radius 3 is 2.92 bits per heavy atom. The van der Waals surface area contributed by atoms with Gasteiger partial charge in [-0.1, -0.05) is 0 Å². The average Bonchev–Trinajstić information content (AvgIpc) is 3.13. The summed E-state index contributed by atoms with van der Waals surface area (Å²) in [6.45, 7) is 4.52. The Labute approximate surface area is 139 Å². The standard InChI is InChI=1S/C18H19N3O3/c1-10-6-13-7-12(4-5-16(13)24-10)17(22)21-8-14-15(9-21)19-11(2)20(3)18(14)23/h4-5,7,10H,6,8-9H2,1-3H3/t10-/m0/s1. The van der Waals surface area contributed by atoms with Crippen LogP contribution in [0.3, 0.4) is 0 Å². The van der Waals surface area contributed by atoms with E-state index in [1.54, 1.807) is 24.9 Å². The van der Waals surface area contributed by atoms with Crippen molar-refractivity contribution in [2.45, 2.75) is 39.5 Å². The summed E-state index contributed by atoms with van der Waals surface area (Å²) in [7, 11) is 1.71. The summed E-state index contributed by atoms with van der Waals surface area (Å²) in [4.78, 5) is 31.3. The number of fused-ring (bicyclic) bond motifs is 2. The predicted molar refractivity (Wildman–Crippen MR) is 88.0 cm³/mol. The molecule has 1 amide bonds. The number of hydrogen-bond acceptors (Lipinski definition) is 4. The Morgan fingerprint density at radius 1 is 1.33 bits per heavy atom. The molecule has 0 bridgehead atoms. The number of amides is 1. The highest BCUT2D eigenvalue weighted by Gasteiger charge is 2.29. The maximum atomic E-state index is 12.8. The number of nitrogens with zero attached hydrogens (tertiary/aromatic N) is 3. The fraction of sp³-hybridized carbons (Fsp3) is 0.389. The Kier molecular flexibility index (Phi) is 3.23. The largest absolute Gasteiger partial charge is 0.490 e. The van der Waals surface area contributed by atoms with Crippen molar-refractivity contribution < 1.29 is 9.53 Å². The highest BCUT2D eigenvalue weighted by atomic mass is 16.5. The summed E-state index contributed by atoms with van der Waals surface area (Å²) in [5.74, 6) is 1.45. The van der Waals surface area contributed by atoms with E-state index in [1.807, 2.05) is 19.1 Å². The summed E-state index contributed by atoms with van der Waals surface area (Å²) in [6, 6.07) is 5.55. The number of ether oxygens (including phenoxy) is 1. The smallest absolute Gasteiger partial charge is 0.258 e. The molecule has 6 nitrogen and oxygen atoms in total. The van der Waals surface area contributed by atoms with Crippen LogP contribution in [0.2, 0.25) is 0 Å². The molecule has 2 aliphatic rings. The minimum absolute atomic E-state index is 0.0658. The topological polar surface area (TPSA) is 64.4 Å². The summed E-state index contributed by atoms with van der Waals surface area (Å²) in [5, 5.41) is 0. The first-order valence-electron chi connectivity index (χ1n) is 8.08. The van der Waals surface area contributed by atoms with E-state index in [4.69, 9.17) is 4.74 Å². The lowest BCUT2D eigenvalue weighted by Gasteiger charge is -2.15. The third-order valence-corrected chi connectivity index (χ3v) is 4.81. The molecular formula is C18H19N3O3. The third kappa shape index (κ3) is 2.21. The van der Waals surface area contributed by atoms with E-state index in [1.165, 1.54) is 4.57 Å². The molecule has 2 aliphatic heterocycles. The van der Waals surface area contributed by atoms with Gasteiger partial charge in [0.15, 0.2) is 0 Å². The molecule has 6 heteroatoms. The summed E-state index contributed by atoms with van der Waals surface area (Å²) in [5.41, 5.74) is 2.96. The van der Waals surface area contributed by atoms with Gasteiger partial charge in [-0.2, -0.15) is 0 Å².